The Morgan fingerprint density at radius 3 is 2.71 bits per heavy atom. The van der Waals surface area contributed by atoms with Crippen molar-refractivity contribution in [3.8, 4) is 0 Å². The van der Waals surface area contributed by atoms with Crippen LogP contribution >= 0.6 is 0 Å². The zero-order valence-corrected chi connectivity index (χ0v) is 20.5. The van der Waals surface area contributed by atoms with Crippen molar-refractivity contribution in [2.75, 3.05) is 11.9 Å². The molecule has 1 fully saturated rings. The Morgan fingerprint density at radius 2 is 2.00 bits per heavy atom. The number of carboxylic acid groups (broad SMARTS) is 1. The monoisotopic (exact) mass is 475 g/mol. The van der Waals surface area contributed by atoms with Gasteiger partial charge in [-0.15, -0.1) is 0 Å². The van der Waals surface area contributed by atoms with Gasteiger partial charge in [0.25, 0.3) is 0 Å². The van der Waals surface area contributed by atoms with Crippen LogP contribution in [0.2, 0.25) is 0 Å². The van der Waals surface area contributed by atoms with Gasteiger partial charge in [-0.25, -0.2) is 14.6 Å². The largest absolute Gasteiger partial charge is 0.465 e. The first-order valence-corrected chi connectivity index (χ1v) is 11.6. The topological polar surface area (TPSA) is 118 Å². The first kappa shape index (κ1) is 22.8. The smallest absolute Gasteiger partial charge is 0.407 e. The molecule has 1 unspecified atom stereocenters. The minimum Gasteiger partial charge on any atom is -0.465 e. The van der Waals surface area contributed by atoms with Crippen LogP contribution in [0.25, 0.3) is 22.1 Å². The number of benzene rings is 1. The van der Waals surface area contributed by atoms with Gasteiger partial charge in [0.05, 0.1) is 23.8 Å². The van der Waals surface area contributed by atoms with Gasteiger partial charge in [-0.2, -0.15) is 4.98 Å². The van der Waals surface area contributed by atoms with Crippen LogP contribution in [0.3, 0.4) is 0 Å². The maximum Gasteiger partial charge on any atom is 0.407 e. The van der Waals surface area contributed by atoms with Crippen molar-refractivity contribution in [1.29, 1.82) is 0 Å². The highest BCUT2D eigenvalue weighted by molar-refractivity contribution is 5.85. The van der Waals surface area contributed by atoms with Crippen LogP contribution in [0.4, 0.5) is 16.4 Å². The van der Waals surface area contributed by atoms with E-state index in [0.717, 1.165) is 22.2 Å². The lowest BCUT2D eigenvalue weighted by molar-refractivity contribution is 0.0925. The molecule has 4 heterocycles. The summed E-state index contributed by atoms with van der Waals surface area (Å²) in [5.41, 5.74) is 3.23. The summed E-state index contributed by atoms with van der Waals surface area (Å²) in [6.45, 7) is 8.36. The van der Waals surface area contributed by atoms with E-state index in [4.69, 9.17) is 4.98 Å². The third-order valence-corrected chi connectivity index (χ3v) is 6.86. The van der Waals surface area contributed by atoms with Crippen molar-refractivity contribution in [2.24, 2.45) is 12.5 Å². The molecule has 1 aromatic carbocycles. The number of nitrogens with zero attached hydrogens (tertiary/aromatic N) is 6. The molecule has 0 aliphatic carbocycles. The van der Waals surface area contributed by atoms with E-state index < -0.39 is 6.09 Å². The number of amides is 1. The third-order valence-electron chi connectivity index (χ3n) is 6.86. The number of pyridine rings is 1. The van der Waals surface area contributed by atoms with Gasteiger partial charge in [-0.05, 0) is 42.5 Å². The van der Waals surface area contributed by atoms with Gasteiger partial charge in [0.2, 0.25) is 5.95 Å². The number of imidazole rings is 1. The van der Waals surface area contributed by atoms with Crippen LogP contribution in [0.15, 0.2) is 41.5 Å². The number of hydrogen-bond donors (Lipinski definition) is 2. The highest BCUT2D eigenvalue weighted by Crippen LogP contribution is 2.40. The average molecular weight is 476 g/mol. The van der Waals surface area contributed by atoms with Gasteiger partial charge >= 0.3 is 11.8 Å². The summed E-state index contributed by atoms with van der Waals surface area (Å²) in [7, 11) is 1.69. The summed E-state index contributed by atoms with van der Waals surface area (Å²) >= 11 is 0. The number of nitrogens with one attached hydrogen (secondary N) is 1. The van der Waals surface area contributed by atoms with E-state index in [1.54, 1.807) is 24.0 Å². The Balaban J connectivity index is 1.61. The molecule has 1 aliphatic rings. The highest BCUT2D eigenvalue weighted by Gasteiger charge is 2.46. The molecule has 182 valence electrons. The Labute approximate surface area is 202 Å². The molecule has 1 amide bonds. The minimum atomic E-state index is -0.973. The molecule has 10 heteroatoms. The Bertz CT molecular complexity index is 1520. The van der Waals surface area contributed by atoms with Gasteiger partial charge in [0.1, 0.15) is 5.52 Å². The van der Waals surface area contributed by atoms with Crippen molar-refractivity contribution < 1.29 is 9.90 Å². The average Bonchev–Trinajstić information content (AvgIpc) is 3.34. The quantitative estimate of drug-likeness (QED) is 0.458. The number of carbonyl (C=O) groups is 1. The molecular weight excluding hydrogens is 446 g/mol. The molecule has 0 radical (unpaired) electrons. The van der Waals surface area contributed by atoms with Gasteiger partial charge < -0.3 is 15.3 Å². The van der Waals surface area contributed by atoms with Gasteiger partial charge in [-0.1, -0.05) is 26.8 Å². The van der Waals surface area contributed by atoms with Crippen molar-refractivity contribution in [3.63, 3.8) is 0 Å². The number of likely N-dealkylation sites (tertiary alicyclic amines) is 1. The lowest BCUT2D eigenvalue weighted by Gasteiger charge is -2.37. The molecule has 35 heavy (non-hydrogen) atoms. The number of aromatic nitrogens is 5. The number of rotatable bonds is 3. The number of hydrogen-bond acceptors (Lipinski definition) is 6. The molecule has 5 rings (SSSR count). The van der Waals surface area contributed by atoms with Crippen LogP contribution < -0.4 is 11.0 Å². The molecule has 1 aliphatic heterocycles. The van der Waals surface area contributed by atoms with Crippen LogP contribution in [0.5, 0.6) is 0 Å². The van der Waals surface area contributed by atoms with Crippen LogP contribution in [-0.4, -0.2) is 52.8 Å². The van der Waals surface area contributed by atoms with E-state index >= 15 is 0 Å². The fraction of sp³-hybridized carbons (Fsp3) is 0.400. The van der Waals surface area contributed by atoms with Gasteiger partial charge in [0, 0.05) is 30.9 Å². The molecule has 1 saturated heterocycles. The maximum absolute atomic E-state index is 13.4. The second-order valence-electron chi connectivity index (χ2n) is 10.2. The fourth-order valence-electron chi connectivity index (χ4n) is 5.28. The van der Waals surface area contributed by atoms with Crippen LogP contribution in [-0.2, 0) is 7.05 Å². The van der Waals surface area contributed by atoms with E-state index in [-0.39, 0.29) is 23.2 Å². The summed E-state index contributed by atoms with van der Waals surface area (Å²) in [5, 5.41) is 14.1. The molecule has 0 saturated carbocycles. The van der Waals surface area contributed by atoms with E-state index in [1.165, 1.54) is 9.47 Å². The molecule has 2 N–H and O–H groups in total. The van der Waals surface area contributed by atoms with E-state index in [9.17, 15) is 14.7 Å². The van der Waals surface area contributed by atoms with Crippen molar-refractivity contribution in [2.45, 2.75) is 46.2 Å². The predicted molar refractivity (Wildman–Crippen MR) is 134 cm³/mol. The first-order chi connectivity index (χ1) is 16.6. The number of aryl methyl sites for hydroxylation is 2. The van der Waals surface area contributed by atoms with Crippen molar-refractivity contribution in [1.82, 2.24) is 29.0 Å². The fourth-order valence-corrected chi connectivity index (χ4v) is 5.28. The second-order valence-corrected chi connectivity index (χ2v) is 10.2. The molecular formula is C25H29N7O3. The summed E-state index contributed by atoms with van der Waals surface area (Å²) in [6.07, 6.45) is 2.96. The molecule has 3 aromatic heterocycles. The molecule has 10 nitrogen and oxygen atoms in total. The molecule has 4 aromatic rings. The first-order valence-electron chi connectivity index (χ1n) is 11.6. The third kappa shape index (κ3) is 3.78. The van der Waals surface area contributed by atoms with Gasteiger partial charge in [0.15, 0.2) is 5.65 Å². The van der Waals surface area contributed by atoms with E-state index in [2.05, 4.69) is 15.3 Å². The second kappa shape index (κ2) is 8.07. The Hall–Kier alpha value is -3.95. The Morgan fingerprint density at radius 1 is 1.23 bits per heavy atom. The number of anilines is 2. The van der Waals surface area contributed by atoms with E-state index in [0.29, 0.717) is 30.1 Å². The lowest BCUT2D eigenvalue weighted by atomic mass is 9.82. The standard InChI is InChI=1S/C25H29N7O3/c1-14-11-17-15(7-6-9-26-17)12-16(14)28-22-27-13-19-21(29-22)32(23(33)30(19)5)18-8-10-31(24(34)35)20(18)25(2,3)4/h6-7,9,11-13,18,20H,8,10H2,1-5H3,(H,34,35)(H,27,28,29)/t18-,20?/m0/s1. The van der Waals surface area contributed by atoms with Crippen molar-refractivity contribution in [3.05, 3.63) is 52.7 Å². The highest BCUT2D eigenvalue weighted by atomic mass is 16.4. The normalized spacial score (nSPS) is 18.5. The maximum atomic E-state index is 13.4. The SMILES string of the molecule is Cc1cc2ncccc2cc1Nc1ncc2c(n1)n([C@H]1CCN(C(=O)O)C1C(C)(C)C)c(=O)n2C. The van der Waals surface area contributed by atoms with Crippen molar-refractivity contribution >= 4 is 39.8 Å². The molecule has 2 atom stereocenters. The lowest BCUT2D eigenvalue weighted by Crippen LogP contribution is -2.47. The molecule has 0 bridgehead atoms. The molecule has 0 spiro atoms. The van der Waals surface area contributed by atoms with E-state index in [1.807, 2.05) is 52.0 Å². The Kier molecular flexibility index (Phi) is 5.26. The summed E-state index contributed by atoms with van der Waals surface area (Å²) in [6, 6.07) is 7.18. The van der Waals surface area contributed by atoms with Gasteiger partial charge in [-0.3, -0.25) is 14.1 Å². The zero-order chi connectivity index (χ0) is 25.1. The van der Waals surface area contributed by atoms with Crippen LogP contribution in [0, 0.1) is 12.3 Å². The zero-order valence-electron chi connectivity index (χ0n) is 20.5. The number of fused-ring (bicyclic) bond motifs is 2. The minimum absolute atomic E-state index is 0.231. The summed E-state index contributed by atoms with van der Waals surface area (Å²) < 4.78 is 3.17. The predicted octanol–water partition coefficient (Wildman–Crippen LogP) is 4.07. The summed E-state index contributed by atoms with van der Waals surface area (Å²) in [4.78, 5) is 40.4. The van der Waals surface area contributed by atoms with Crippen LogP contribution in [0.1, 0.15) is 38.8 Å². The summed E-state index contributed by atoms with van der Waals surface area (Å²) in [5.74, 6) is 0.364.